The zero-order valence-electron chi connectivity index (χ0n) is 12.7. The Labute approximate surface area is 109 Å². The highest BCUT2D eigenvalue weighted by Gasteiger charge is 2.12. The molecule has 1 nitrogen and oxygen atoms in total. The van der Waals surface area contributed by atoms with E-state index in [1.165, 1.54) is 38.5 Å². The molecule has 0 bridgehead atoms. The highest BCUT2D eigenvalue weighted by Crippen LogP contribution is 2.23. The number of aliphatic hydroxyl groups is 1. The van der Waals surface area contributed by atoms with E-state index in [2.05, 4.69) is 34.6 Å². The topological polar surface area (TPSA) is 20.2 Å². The van der Waals surface area contributed by atoms with Crippen molar-refractivity contribution in [2.45, 2.75) is 73.1 Å². The first-order valence-electron chi connectivity index (χ1n) is 7.62. The van der Waals surface area contributed by atoms with Crippen molar-refractivity contribution in [1.82, 2.24) is 0 Å². The standard InChI is InChI=1S/C16H34O/c1-6-15(11-13(2)3)9-7-8-10-16(12-17)14(4)5/h13-17H,6-12H2,1-5H3. The Balaban J connectivity index is 3.67. The number of hydrogen-bond acceptors (Lipinski definition) is 1. The molecule has 1 heteroatoms. The van der Waals surface area contributed by atoms with Gasteiger partial charge in [0.05, 0.1) is 0 Å². The normalized spacial score (nSPS) is 15.5. The Kier molecular flexibility index (Phi) is 9.91. The molecular weight excluding hydrogens is 208 g/mol. The lowest BCUT2D eigenvalue weighted by atomic mass is 9.87. The fraction of sp³-hybridized carbons (Fsp3) is 1.00. The van der Waals surface area contributed by atoms with E-state index in [9.17, 15) is 5.11 Å². The molecular formula is C16H34O. The van der Waals surface area contributed by atoms with Crippen LogP contribution in [0.1, 0.15) is 73.1 Å². The van der Waals surface area contributed by atoms with Crippen LogP contribution in [0.5, 0.6) is 0 Å². The fourth-order valence-corrected chi connectivity index (χ4v) is 2.63. The molecule has 17 heavy (non-hydrogen) atoms. The predicted octanol–water partition coefficient (Wildman–Crippen LogP) is 4.88. The number of aliphatic hydroxyl groups excluding tert-OH is 1. The van der Waals surface area contributed by atoms with Gasteiger partial charge in [0.2, 0.25) is 0 Å². The molecule has 0 saturated carbocycles. The summed E-state index contributed by atoms with van der Waals surface area (Å²) < 4.78 is 0. The first kappa shape index (κ1) is 17.0. The Morgan fingerprint density at radius 1 is 0.941 bits per heavy atom. The van der Waals surface area contributed by atoms with E-state index in [0.717, 1.165) is 11.8 Å². The van der Waals surface area contributed by atoms with Crippen molar-refractivity contribution in [2.75, 3.05) is 6.61 Å². The summed E-state index contributed by atoms with van der Waals surface area (Å²) in [5.41, 5.74) is 0. The molecule has 2 atom stereocenters. The number of unbranched alkanes of at least 4 members (excludes halogenated alkanes) is 1. The van der Waals surface area contributed by atoms with Gasteiger partial charge < -0.3 is 5.11 Å². The number of rotatable bonds is 10. The predicted molar refractivity (Wildman–Crippen MR) is 77.1 cm³/mol. The van der Waals surface area contributed by atoms with Gasteiger partial charge in [-0.1, -0.05) is 60.3 Å². The lowest BCUT2D eigenvalue weighted by Gasteiger charge is -2.20. The zero-order chi connectivity index (χ0) is 13.3. The smallest absolute Gasteiger partial charge is 0.0461 e. The zero-order valence-corrected chi connectivity index (χ0v) is 12.7. The van der Waals surface area contributed by atoms with Gasteiger partial charge in [-0.15, -0.1) is 0 Å². The van der Waals surface area contributed by atoms with Crippen molar-refractivity contribution >= 4 is 0 Å². The third-order valence-electron chi connectivity index (χ3n) is 4.00. The second kappa shape index (κ2) is 9.94. The summed E-state index contributed by atoms with van der Waals surface area (Å²) in [4.78, 5) is 0. The van der Waals surface area contributed by atoms with Crippen molar-refractivity contribution in [3.63, 3.8) is 0 Å². The van der Waals surface area contributed by atoms with Gasteiger partial charge in [-0.25, -0.2) is 0 Å². The van der Waals surface area contributed by atoms with Crippen LogP contribution in [0.15, 0.2) is 0 Å². The van der Waals surface area contributed by atoms with E-state index >= 15 is 0 Å². The first-order valence-corrected chi connectivity index (χ1v) is 7.62. The van der Waals surface area contributed by atoms with E-state index in [1.807, 2.05) is 0 Å². The van der Waals surface area contributed by atoms with Gasteiger partial charge in [0.25, 0.3) is 0 Å². The van der Waals surface area contributed by atoms with Crippen LogP contribution in [0, 0.1) is 23.7 Å². The molecule has 0 aliphatic heterocycles. The van der Waals surface area contributed by atoms with Crippen molar-refractivity contribution in [1.29, 1.82) is 0 Å². The van der Waals surface area contributed by atoms with Crippen LogP contribution in [-0.2, 0) is 0 Å². The van der Waals surface area contributed by atoms with Crippen LogP contribution < -0.4 is 0 Å². The Morgan fingerprint density at radius 3 is 1.94 bits per heavy atom. The van der Waals surface area contributed by atoms with Crippen molar-refractivity contribution < 1.29 is 5.11 Å². The van der Waals surface area contributed by atoms with E-state index in [-0.39, 0.29) is 0 Å². The first-order chi connectivity index (χ1) is 8.01. The Hall–Kier alpha value is -0.0400. The summed E-state index contributed by atoms with van der Waals surface area (Å²) in [6, 6.07) is 0. The minimum Gasteiger partial charge on any atom is -0.396 e. The van der Waals surface area contributed by atoms with E-state index in [0.29, 0.717) is 18.4 Å². The number of hydrogen-bond donors (Lipinski definition) is 1. The molecule has 0 spiro atoms. The maximum atomic E-state index is 9.27. The van der Waals surface area contributed by atoms with Crippen LogP contribution in [0.25, 0.3) is 0 Å². The molecule has 0 rings (SSSR count). The van der Waals surface area contributed by atoms with Crippen LogP contribution >= 0.6 is 0 Å². The van der Waals surface area contributed by atoms with Gasteiger partial charge >= 0.3 is 0 Å². The minimum atomic E-state index is 0.362. The fourth-order valence-electron chi connectivity index (χ4n) is 2.63. The molecule has 104 valence electrons. The quantitative estimate of drug-likeness (QED) is 0.541. The highest BCUT2D eigenvalue weighted by molar-refractivity contribution is 4.64. The van der Waals surface area contributed by atoms with Gasteiger partial charge in [0, 0.05) is 6.61 Å². The molecule has 0 fully saturated rings. The van der Waals surface area contributed by atoms with Gasteiger partial charge in [-0.3, -0.25) is 0 Å². The molecule has 2 unspecified atom stereocenters. The molecule has 1 N–H and O–H groups in total. The summed E-state index contributed by atoms with van der Waals surface area (Å²) in [5, 5.41) is 9.27. The summed E-state index contributed by atoms with van der Waals surface area (Å²) in [5.74, 6) is 2.89. The highest BCUT2D eigenvalue weighted by atomic mass is 16.3. The third kappa shape index (κ3) is 8.65. The average molecular weight is 242 g/mol. The Morgan fingerprint density at radius 2 is 1.53 bits per heavy atom. The van der Waals surface area contributed by atoms with Gasteiger partial charge in [0.1, 0.15) is 0 Å². The van der Waals surface area contributed by atoms with Crippen molar-refractivity contribution in [3.8, 4) is 0 Å². The van der Waals surface area contributed by atoms with Crippen LogP contribution in [-0.4, -0.2) is 11.7 Å². The van der Waals surface area contributed by atoms with Gasteiger partial charge in [0.15, 0.2) is 0 Å². The van der Waals surface area contributed by atoms with E-state index < -0.39 is 0 Å². The second-order valence-electron chi connectivity index (χ2n) is 6.37. The van der Waals surface area contributed by atoms with Gasteiger partial charge in [-0.05, 0) is 36.5 Å². The second-order valence-corrected chi connectivity index (χ2v) is 6.37. The molecule has 0 aromatic heterocycles. The van der Waals surface area contributed by atoms with Crippen molar-refractivity contribution in [3.05, 3.63) is 0 Å². The summed E-state index contributed by atoms with van der Waals surface area (Å²) in [7, 11) is 0. The van der Waals surface area contributed by atoms with Crippen LogP contribution in [0.3, 0.4) is 0 Å². The third-order valence-corrected chi connectivity index (χ3v) is 4.00. The van der Waals surface area contributed by atoms with Gasteiger partial charge in [-0.2, -0.15) is 0 Å². The summed E-state index contributed by atoms with van der Waals surface area (Å²) in [6.07, 6.45) is 7.92. The molecule has 0 heterocycles. The average Bonchev–Trinajstić information content (AvgIpc) is 2.26. The summed E-state index contributed by atoms with van der Waals surface area (Å²) >= 11 is 0. The van der Waals surface area contributed by atoms with Crippen molar-refractivity contribution in [2.24, 2.45) is 23.7 Å². The molecule has 0 aliphatic rings. The molecule has 0 aliphatic carbocycles. The van der Waals surface area contributed by atoms with E-state index in [4.69, 9.17) is 0 Å². The molecule has 0 radical (unpaired) electrons. The SMILES string of the molecule is CCC(CCCCC(CO)C(C)C)CC(C)C. The lowest BCUT2D eigenvalue weighted by Crippen LogP contribution is -2.13. The van der Waals surface area contributed by atoms with Crippen LogP contribution in [0.4, 0.5) is 0 Å². The maximum absolute atomic E-state index is 9.27. The monoisotopic (exact) mass is 242 g/mol. The molecule has 0 aromatic carbocycles. The largest absolute Gasteiger partial charge is 0.396 e. The molecule has 0 aromatic rings. The Bertz CT molecular complexity index is 163. The van der Waals surface area contributed by atoms with E-state index in [1.54, 1.807) is 0 Å². The maximum Gasteiger partial charge on any atom is 0.0461 e. The molecule has 0 saturated heterocycles. The summed E-state index contributed by atoms with van der Waals surface area (Å²) in [6.45, 7) is 11.8. The lowest BCUT2D eigenvalue weighted by molar-refractivity contribution is 0.177. The van der Waals surface area contributed by atoms with Crippen LogP contribution in [0.2, 0.25) is 0 Å². The molecule has 0 amide bonds. The minimum absolute atomic E-state index is 0.362.